The molecule has 0 spiro atoms. The maximum Gasteiger partial charge on any atom is 0.222 e. The zero-order valence-corrected chi connectivity index (χ0v) is 22.6. The number of amides is 1. The largest absolute Gasteiger partial charge is 0.355 e. The fraction of sp³-hybridized carbons (Fsp3) is 0.692. The highest BCUT2D eigenvalue weighted by Crippen LogP contribution is 2.35. The van der Waals surface area contributed by atoms with Crippen LogP contribution in [0.3, 0.4) is 0 Å². The normalized spacial score (nSPS) is 21.5. The number of piperidine rings is 1. The van der Waals surface area contributed by atoms with Gasteiger partial charge in [-0.2, -0.15) is 0 Å². The number of hydrogen-bond acceptors (Lipinski definition) is 3. The third-order valence-electron chi connectivity index (χ3n) is 7.62. The van der Waals surface area contributed by atoms with Crippen molar-refractivity contribution >= 4 is 35.8 Å². The van der Waals surface area contributed by atoms with Gasteiger partial charge in [0.2, 0.25) is 5.91 Å². The van der Waals surface area contributed by atoms with E-state index >= 15 is 0 Å². The second-order valence-corrected chi connectivity index (χ2v) is 9.85. The number of carbonyl (C=O) groups excluding carboxylic acids is 1. The van der Waals surface area contributed by atoms with Gasteiger partial charge in [-0.3, -0.25) is 14.7 Å². The number of nitrogens with zero attached hydrogens (tertiary/aromatic N) is 3. The summed E-state index contributed by atoms with van der Waals surface area (Å²) in [7, 11) is 1.86. The Balaban J connectivity index is 0.00000306. The zero-order chi connectivity index (χ0) is 22.2. The van der Waals surface area contributed by atoms with Crippen LogP contribution in [0.15, 0.2) is 29.3 Å². The van der Waals surface area contributed by atoms with Gasteiger partial charge >= 0.3 is 0 Å². The molecule has 0 unspecified atom stereocenters. The van der Waals surface area contributed by atoms with Crippen molar-refractivity contribution in [1.82, 2.24) is 20.4 Å². The van der Waals surface area contributed by atoms with Gasteiger partial charge in [-0.25, -0.2) is 0 Å². The van der Waals surface area contributed by atoms with Crippen molar-refractivity contribution in [1.29, 1.82) is 0 Å². The molecule has 2 N–H and O–H groups in total. The van der Waals surface area contributed by atoms with E-state index in [1.54, 1.807) is 0 Å². The van der Waals surface area contributed by atoms with E-state index in [0.717, 1.165) is 38.6 Å². The molecule has 0 radical (unpaired) electrons. The van der Waals surface area contributed by atoms with Crippen LogP contribution in [0, 0.1) is 0 Å². The summed E-state index contributed by atoms with van der Waals surface area (Å²) in [6.07, 6.45) is 12.4. The van der Waals surface area contributed by atoms with Crippen molar-refractivity contribution in [2.24, 2.45) is 4.99 Å². The number of aliphatic imine (C=N–C) groups is 1. The Morgan fingerprint density at radius 2 is 1.70 bits per heavy atom. The molecule has 2 aliphatic heterocycles. The molecule has 2 saturated heterocycles. The van der Waals surface area contributed by atoms with Crippen LogP contribution in [-0.2, 0) is 17.9 Å². The molecule has 3 aliphatic rings. The third-order valence-corrected chi connectivity index (χ3v) is 7.62. The summed E-state index contributed by atoms with van der Waals surface area (Å²) in [5.74, 6) is 1.16. The minimum atomic E-state index is 0. The molecule has 0 bridgehead atoms. The van der Waals surface area contributed by atoms with Crippen LogP contribution in [0.5, 0.6) is 0 Å². The SMILES string of the molecule is CN=C(NCc1cccc(CN2CCCC2=O)c1)NCC1(N2CCCCC2)CCCCC1.I. The van der Waals surface area contributed by atoms with Crippen molar-refractivity contribution in [2.45, 2.75) is 82.8 Å². The molecule has 6 nitrogen and oxygen atoms in total. The van der Waals surface area contributed by atoms with Gasteiger partial charge in [0.25, 0.3) is 0 Å². The molecular weight excluding hydrogens is 525 g/mol. The van der Waals surface area contributed by atoms with E-state index in [4.69, 9.17) is 0 Å². The maximum absolute atomic E-state index is 11.9. The topological polar surface area (TPSA) is 60.0 Å². The standard InChI is InChI=1S/C26H41N5O.HI/c1-27-25(29-21-26(13-4-2-5-14-26)31-16-6-3-7-17-31)28-19-22-10-8-11-23(18-22)20-30-15-9-12-24(30)32;/h8,10-11,18H,2-7,9,12-17,19-21H2,1H3,(H2,27,28,29);1H. The molecule has 33 heavy (non-hydrogen) atoms. The Labute approximate surface area is 217 Å². The first kappa shape index (κ1) is 26.3. The summed E-state index contributed by atoms with van der Waals surface area (Å²) in [5.41, 5.74) is 2.72. The Bertz CT molecular complexity index is 787. The van der Waals surface area contributed by atoms with Crippen LogP contribution in [0.25, 0.3) is 0 Å². The molecule has 2 heterocycles. The van der Waals surface area contributed by atoms with Crippen molar-refractivity contribution in [3.63, 3.8) is 0 Å². The van der Waals surface area contributed by atoms with Gasteiger partial charge in [-0.15, -0.1) is 24.0 Å². The van der Waals surface area contributed by atoms with Crippen molar-refractivity contribution in [3.8, 4) is 0 Å². The van der Waals surface area contributed by atoms with Gasteiger partial charge in [0, 0.05) is 45.2 Å². The van der Waals surface area contributed by atoms with E-state index in [0.29, 0.717) is 12.0 Å². The number of carbonyl (C=O) groups is 1. The summed E-state index contributed by atoms with van der Waals surface area (Å²) < 4.78 is 0. The highest BCUT2D eigenvalue weighted by atomic mass is 127. The Hall–Kier alpha value is -1.35. The maximum atomic E-state index is 11.9. The van der Waals surface area contributed by atoms with Gasteiger partial charge < -0.3 is 15.5 Å². The molecule has 1 aromatic rings. The second kappa shape index (κ2) is 12.9. The van der Waals surface area contributed by atoms with E-state index in [2.05, 4.69) is 44.8 Å². The smallest absolute Gasteiger partial charge is 0.222 e. The van der Waals surface area contributed by atoms with Gasteiger partial charge in [0.05, 0.1) is 0 Å². The molecule has 184 valence electrons. The summed E-state index contributed by atoms with van der Waals surface area (Å²) in [6, 6.07) is 8.57. The number of benzene rings is 1. The number of rotatable bonds is 7. The molecule has 1 amide bonds. The fourth-order valence-electron chi connectivity index (χ4n) is 5.77. The average Bonchev–Trinajstić information content (AvgIpc) is 3.25. The Morgan fingerprint density at radius 1 is 0.970 bits per heavy atom. The molecule has 0 aromatic heterocycles. The first-order valence-corrected chi connectivity index (χ1v) is 12.7. The van der Waals surface area contributed by atoms with Crippen molar-refractivity contribution in [3.05, 3.63) is 35.4 Å². The molecule has 7 heteroatoms. The molecule has 3 fully saturated rings. The summed E-state index contributed by atoms with van der Waals surface area (Å²) >= 11 is 0. The average molecular weight is 568 g/mol. The Morgan fingerprint density at radius 3 is 2.39 bits per heavy atom. The zero-order valence-electron chi connectivity index (χ0n) is 20.3. The number of likely N-dealkylation sites (tertiary alicyclic amines) is 2. The lowest BCUT2D eigenvalue weighted by atomic mass is 9.79. The van der Waals surface area contributed by atoms with Crippen molar-refractivity contribution in [2.75, 3.05) is 33.2 Å². The molecule has 0 atom stereocenters. The van der Waals surface area contributed by atoms with E-state index < -0.39 is 0 Å². The summed E-state index contributed by atoms with van der Waals surface area (Å²) in [5, 5.41) is 7.19. The summed E-state index contributed by atoms with van der Waals surface area (Å²) in [4.78, 5) is 21.2. The second-order valence-electron chi connectivity index (χ2n) is 9.85. The minimum absolute atomic E-state index is 0. The highest BCUT2D eigenvalue weighted by molar-refractivity contribution is 14.0. The fourth-order valence-corrected chi connectivity index (χ4v) is 5.77. The molecule has 1 saturated carbocycles. The van der Waals surface area contributed by atoms with E-state index in [-0.39, 0.29) is 29.9 Å². The van der Waals surface area contributed by atoms with E-state index in [1.165, 1.54) is 75.6 Å². The lowest BCUT2D eigenvalue weighted by Gasteiger charge is -2.48. The van der Waals surface area contributed by atoms with Crippen LogP contribution < -0.4 is 10.6 Å². The van der Waals surface area contributed by atoms with Gasteiger partial charge in [-0.05, 0) is 56.3 Å². The lowest BCUT2D eigenvalue weighted by molar-refractivity contribution is -0.128. The van der Waals surface area contributed by atoms with Crippen molar-refractivity contribution < 1.29 is 4.79 Å². The lowest BCUT2D eigenvalue weighted by Crippen LogP contribution is -2.59. The number of hydrogen-bond donors (Lipinski definition) is 2. The minimum Gasteiger partial charge on any atom is -0.355 e. The predicted molar refractivity (Wildman–Crippen MR) is 146 cm³/mol. The van der Waals surface area contributed by atoms with Crippen LogP contribution in [-0.4, -0.2) is 60.4 Å². The monoisotopic (exact) mass is 567 g/mol. The number of halogens is 1. The van der Waals surface area contributed by atoms with Crippen LogP contribution in [0.2, 0.25) is 0 Å². The van der Waals surface area contributed by atoms with Gasteiger partial charge in [-0.1, -0.05) is 49.9 Å². The third kappa shape index (κ3) is 7.07. The molecule has 1 aromatic carbocycles. The molecule has 1 aliphatic carbocycles. The van der Waals surface area contributed by atoms with Crippen LogP contribution >= 0.6 is 24.0 Å². The predicted octanol–water partition coefficient (Wildman–Crippen LogP) is 4.28. The van der Waals surface area contributed by atoms with E-state index in [9.17, 15) is 4.79 Å². The number of guanidine groups is 1. The van der Waals surface area contributed by atoms with Gasteiger partial charge in [0.1, 0.15) is 0 Å². The van der Waals surface area contributed by atoms with E-state index in [1.807, 2.05) is 11.9 Å². The molecule has 4 rings (SSSR count). The summed E-state index contributed by atoms with van der Waals surface area (Å²) in [6.45, 7) is 5.82. The van der Waals surface area contributed by atoms with Crippen LogP contribution in [0.1, 0.15) is 75.3 Å². The van der Waals surface area contributed by atoms with Gasteiger partial charge in [0.15, 0.2) is 5.96 Å². The number of nitrogens with one attached hydrogen (secondary N) is 2. The first-order valence-electron chi connectivity index (χ1n) is 12.7. The highest BCUT2D eigenvalue weighted by Gasteiger charge is 2.38. The Kier molecular flexibility index (Phi) is 10.3. The molecular formula is C26H42IN5O. The van der Waals surface area contributed by atoms with Crippen LogP contribution in [0.4, 0.5) is 0 Å². The first-order chi connectivity index (χ1) is 15.7. The quantitative estimate of drug-likeness (QED) is 0.294.